The molecule has 3 aromatic heterocycles. The summed E-state index contributed by atoms with van der Waals surface area (Å²) in [6, 6.07) is 12.0. The second kappa shape index (κ2) is 9.21. The number of ether oxygens (including phenoxy) is 1. The van der Waals surface area contributed by atoms with Gasteiger partial charge in [0.25, 0.3) is 0 Å². The molecule has 10 nitrogen and oxygen atoms in total. The number of fused-ring (bicyclic) bond motifs is 1. The summed E-state index contributed by atoms with van der Waals surface area (Å²) >= 11 is 0. The van der Waals surface area contributed by atoms with Crippen molar-refractivity contribution in [1.29, 1.82) is 0 Å². The minimum Gasteiger partial charge on any atom is -0.444 e. The number of carbonyl (C=O) groups is 1. The molecule has 1 aromatic carbocycles. The zero-order valence-corrected chi connectivity index (χ0v) is 20.0. The molecular weight excluding hydrogens is 444 g/mol. The fraction of sp³-hybridized carbons (Fsp3) is 0.320. The number of aromatic nitrogens is 5. The Morgan fingerprint density at radius 1 is 1.00 bits per heavy atom. The van der Waals surface area contributed by atoms with Crippen molar-refractivity contribution in [2.45, 2.75) is 26.4 Å². The topological polar surface area (TPSA) is 101 Å². The lowest BCUT2D eigenvalue weighted by atomic mass is 10.2. The van der Waals surface area contributed by atoms with Crippen LogP contribution in [0.3, 0.4) is 0 Å². The smallest absolute Gasteiger partial charge is 0.410 e. The lowest BCUT2D eigenvalue weighted by molar-refractivity contribution is 0.0240. The van der Waals surface area contributed by atoms with Crippen molar-refractivity contribution in [1.82, 2.24) is 29.6 Å². The van der Waals surface area contributed by atoms with Crippen LogP contribution in [0, 0.1) is 0 Å². The van der Waals surface area contributed by atoms with E-state index in [2.05, 4.69) is 25.2 Å². The van der Waals surface area contributed by atoms with Gasteiger partial charge in [-0.05, 0) is 39.0 Å². The van der Waals surface area contributed by atoms with Gasteiger partial charge >= 0.3 is 6.09 Å². The summed E-state index contributed by atoms with van der Waals surface area (Å²) < 4.78 is 7.41. The van der Waals surface area contributed by atoms with Crippen LogP contribution in [0.4, 0.5) is 22.2 Å². The molecule has 0 unspecified atom stereocenters. The molecule has 0 saturated carbocycles. The van der Waals surface area contributed by atoms with Crippen LogP contribution in [0.5, 0.6) is 0 Å². The third-order valence-corrected chi connectivity index (χ3v) is 5.63. The van der Waals surface area contributed by atoms with E-state index in [0.717, 1.165) is 22.4 Å². The van der Waals surface area contributed by atoms with Crippen molar-refractivity contribution in [3.8, 4) is 5.69 Å². The van der Waals surface area contributed by atoms with Crippen LogP contribution in [-0.4, -0.2) is 67.5 Å². The zero-order valence-electron chi connectivity index (χ0n) is 20.0. The number of rotatable bonds is 4. The molecule has 1 saturated heterocycles. The number of nitrogens with zero attached hydrogens (tertiary/aromatic N) is 7. The van der Waals surface area contributed by atoms with Crippen molar-refractivity contribution >= 4 is 34.4 Å². The molecule has 5 rings (SSSR count). The molecule has 1 aliphatic rings. The maximum absolute atomic E-state index is 12.4. The largest absolute Gasteiger partial charge is 0.444 e. The Kier molecular flexibility index (Phi) is 5.94. The second-order valence-electron chi connectivity index (χ2n) is 9.32. The van der Waals surface area contributed by atoms with Gasteiger partial charge in [-0.15, -0.1) is 5.10 Å². The summed E-state index contributed by atoms with van der Waals surface area (Å²) in [4.78, 5) is 29.3. The fourth-order valence-electron chi connectivity index (χ4n) is 4.00. The van der Waals surface area contributed by atoms with Crippen LogP contribution in [-0.2, 0) is 4.74 Å². The van der Waals surface area contributed by atoms with Crippen LogP contribution in [0.1, 0.15) is 20.8 Å². The Labute approximate surface area is 203 Å². The van der Waals surface area contributed by atoms with Gasteiger partial charge in [-0.3, -0.25) is 4.98 Å². The van der Waals surface area contributed by atoms with Crippen molar-refractivity contribution in [3.05, 3.63) is 61.2 Å². The highest BCUT2D eigenvalue weighted by molar-refractivity contribution is 5.92. The van der Waals surface area contributed by atoms with E-state index >= 15 is 0 Å². The normalized spacial score (nSPS) is 14.3. The number of piperazine rings is 1. The summed E-state index contributed by atoms with van der Waals surface area (Å²) in [7, 11) is 0. The minimum atomic E-state index is -0.503. The molecule has 10 heteroatoms. The number of anilines is 3. The maximum atomic E-state index is 12.4. The Bertz CT molecular complexity index is 1320. The van der Waals surface area contributed by atoms with Gasteiger partial charge in [0.15, 0.2) is 5.82 Å². The molecule has 0 spiro atoms. The summed E-state index contributed by atoms with van der Waals surface area (Å²) in [6.45, 7) is 8.15. The first-order chi connectivity index (χ1) is 16.9. The number of carbonyl (C=O) groups excluding carboxylic acids is 1. The number of para-hydroxylation sites is 1. The molecule has 0 bridgehead atoms. The number of amides is 1. The number of hydrogen-bond acceptors (Lipinski definition) is 8. The highest BCUT2D eigenvalue weighted by atomic mass is 16.6. The van der Waals surface area contributed by atoms with Gasteiger partial charge in [-0.1, -0.05) is 12.1 Å². The number of pyridine rings is 1. The molecule has 180 valence electrons. The van der Waals surface area contributed by atoms with Gasteiger partial charge in [0, 0.05) is 56.2 Å². The van der Waals surface area contributed by atoms with E-state index in [9.17, 15) is 4.79 Å². The zero-order chi connectivity index (χ0) is 24.4. The van der Waals surface area contributed by atoms with E-state index in [1.54, 1.807) is 29.7 Å². The highest BCUT2D eigenvalue weighted by Crippen LogP contribution is 2.28. The number of nitrogens with one attached hydrogen (secondary N) is 1. The van der Waals surface area contributed by atoms with E-state index in [1.165, 1.54) is 0 Å². The predicted molar refractivity (Wildman–Crippen MR) is 134 cm³/mol. The predicted octanol–water partition coefficient (Wildman–Crippen LogP) is 4.01. The second-order valence-corrected chi connectivity index (χ2v) is 9.32. The van der Waals surface area contributed by atoms with Crippen molar-refractivity contribution in [3.63, 3.8) is 0 Å². The van der Waals surface area contributed by atoms with Crippen LogP contribution in [0.2, 0.25) is 0 Å². The van der Waals surface area contributed by atoms with E-state index in [4.69, 9.17) is 9.84 Å². The Morgan fingerprint density at radius 2 is 1.80 bits per heavy atom. The van der Waals surface area contributed by atoms with E-state index in [0.29, 0.717) is 37.8 Å². The fourth-order valence-corrected chi connectivity index (χ4v) is 4.00. The highest BCUT2D eigenvalue weighted by Gasteiger charge is 2.26. The summed E-state index contributed by atoms with van der Waals surface area (Å²) in [5, 5.41) is 9.07. The number of hydrogen-bond donors (Lipinski definition) is 1. The third-order valence-electron chi connectivity index (χ3n) is 5.63. The number of benzene rings is 1. The van der Waals surface area contributed by atoms with Crippen LogP contribution in [0.25, 0.3) is 16.6 Å². The Balaban J connectivity index is 1.37. The van der Waals surface area contributed by atoms with E-state index < -0.39 is 5.60 Å². The van der Waals surface area contributed by atoms with Crippen molar-refractivity contribution in [2.24, 2.45) is 0 Å². The molecule has 4 heterocycles. The average Bonchev–Trinajstić information content (AvgIpc) is 3.22. The van der Waals surface area contributed by atoms with Gasteiger partial charge in [-0.25, -0.2) is 19.4 Å². The van der Waals surface area contributed by atoms with Crippen LogP contribution in [0.15, 0.2) is 61.2 Å². The molecule has 0 aliphatic carbocycles. The average molecular weight is 473 g/mol. The molecule has 0 atom stereocenters. The lowest BCUT2D eigenvalue weighted by Gasteiger charge is -2.36. The van der Waals surface area contributed by atoms with Gasteiger partial charge in [-0.2, -0.15) is 0 Å². The molecule has 0 radical (unpaired) electrons. The van der Waals surface area contributed by atoms with E-state index in [-0.39, 0.29) is 6.09 Å². The molecule has 1 N–H and O–H groups in total. The van der Waals surface area contributed by atoms with Gasteiger partial charge < -0.3 is 19.9 Å². The minimum absolute atomic E-state index is 0.273. The van der Waals surface area contributed by atoms with Gasteiger partial charge in [0.1, 0.15) is 17.2 Å². The van der Waals surface area contributed by atoms with Crippen molar-refractivity contribution in [2.75, 3.05) is 36.4 Å². The molecule has 1 aliphatic heterocycles. The van der Waals surface area contributed by atoms with Crippen LogP contribution < -0.4 is 10.2 Å². The first kappa shape index (κ1) is 22.6. The molecule has 1 fully saturated rings. The standard InChI is InChI=1S/C25H28N8O2/c1-25(2,3)35-24(34)32-14-12-31(13-15-32)22-16-18(8-9-28-22)33-20-7-5-4-6-19(20)23(30-33)29-21-17-26-10-11-27-21/h4-11,16-17H,12-15H2,1-3H3,(H,27,29,30). The lowest BCUT2D eigenvalue weighted by Crippen LogP contribution is -2.50. The summed E-state index contributed by atoms with van der Waals surface area (Å²) in [6.07, 6.45) is 6.45. The van der Waals surface area contributed by atoms with Gasteiger partial charge in [0.2, 0.25) is 0 Å². The SMILES string of the molecule is CC(C)(C)OC(=O)N1CCN(c2cc(-n3nc(Nc4cnccn4)c4ccccc43)ccn2)CC1. The molecule has 1 amide bonds. The molecule has 4 aromatic rings. The van der Waals surface area contributed by atoms with E-state index in [1.807, 2.05) is 61.9 Å². The first-order valence-corrected chi connectivity index (χ1v) is 11.6. The van der Waals surface area contributed by atoms with Gasteiger partial charge in [0.05, 0.1) is 17.4 Å². The molecule has 35 heavy (non-hydrogen) atoms. The molecular formula is C25H28N8O2. The Morgan fingerprint density at radius 3 is 2.54 bits per heavy atom. The first-order valence-electron chi connectivity index (χ1n) is 11.6. The Hall–Kier alpha value is -4.21. The summed E-state index contributed by atoms with van der Waals surface area (Å²) in [5.41, 5.74) is 1.36. The van der Waals surface area contributed by atoms with Crippen molar-refractivity contribution < 1.29 is 9.53 Å². The van der Waals surface area contributed by atoms with Crippen LogP contribution >= 0.6 is 0 Å². The summed E-state index contributed by atoms with van der Waals surface area (Å²) in [5.74, 6) is 2.17. The third kappa shape index (κ3) is 5.01. The maximum Gasteiger partial charge on any atom is 0.410 e. The quantitative estimate of drug-likeness (QED) is 0.475. The monoisotopic (exact) mass is 472 g/mol.